The van der Waals surface area contributed by atoms with Crippen LogP contribution in [0.2, 0.25) is 0 Å². The van der Waals surface area contributed by atoms with E-state index in [9.17, 15) is 0 Å². The summed E-state index contributed by atoms with van der Waals surface area (Å²) in [6.45, 7) is 3.85. The van der Waals surface area contributed by atoms with E-state index < -0.39 is 0 Å². The van der Waals surface area contributed by atoms with Crippen molar-refractivity contribution in [3.63, 3.8) is 0 Å². The summed E-state index contributed by atoms with van der Waals surface area (Å²) in [6, 6.07) is 8.84. The molecule has 84 valence electrons. The Morgan fingerprint density at radius 1 is 1.33 bits per heavy atom. The van der Waals surface area contributed by atoms with Gasteiger partial charge in [0.25, 0.3) is 0 Å². The van der Waals surface area contributed by atoms with Crippen LogP contribution in [0.4, 0.5) is 0 Å². The van der Waals surface area contributed by atoms with Gasteiger partial charge in [0, 0.05) is 17.6 Å². The van der Waals surface area contributed by atoms with Gasteiger partial charge < -0.3 is 10.1 Å². The number of methoxy groups -OCH3 is 1. The second-order valence-corrected chi connectivity index (χ2v) is 4.46. The van der Waals surface area contributed by atoms with E-state index in [-0.39, 0.29) is 0 Å². The third kappa shape index (κ3) is 4.78. The molecule has 0 bridgehead atoms. The molecule has 15 heavy (non-hydrogen) atoms. The predicted molar refractivity (Wildman–Crippen MR) is 67.2 cm³/mol. The van der Waals surface area contributed by atoms with Crippen LogP contribution < -0.4 is 5.32 Å². The second-order valence-electron chi connectivity index (χ2n) is 3.54. The quantitative estimate of drug-likeness (QED) is 0.859. The summed E-state index contributed by atoms with van der Waals surface area (Å²) in [7, 11) is 1.74. The molecule has 1 aromatic carbocycles. The SMILES string of the molecule is CCNC(COC)Cc1ccc(Br)cc1. The third-order valence-corrected chi connectivity index (χ3v) is 2.78. The Balaban J connectivity index is 2.53. The van der Waals surface area contributed by atoms with Crippen LogP contribution in [0.25, 0.3) is 0 Å². The van der Waals surface area contributed by atoms with Crippen LogP contribution in [0.3, 0.4) is 0 Å². The predicted octanol–water partition coefficient (Wildman–Crippen LogP) is 2.62. The van der Waals surface area contributed by atoms with E-state index in [1.54, 1.807) is 7.11 Å². The van der Waals surface area contributed by atoms with Crippen LogP contribution in [0.1, 0.15) is 12.5 Å². The van der Waals surface area contributed by atoms with E-state index in [1.165, 1.54) is 5.56 Å². The largest absolute Gasteiger partial charge is 0.383 e. The van der Waals surface area contributed by atoms with E-state index in [1.807, 2.05) is 0 Å². The van der Waals surface area contributed by atoms with Gasteiger partial charge in [-0.25, -0.2) is 0 Å². The molecule has 3 heteroatoms. The molecule has 0 amide bonds. The molecule has 1 N–H and O–H groups in total. The molecule has 1 aromatic rings. The maximum atomic E-state index is 5.18. The lowest BCUT2D eigenvalue weighted by Gasteiger charge is -2.16. The Kier molecular flexibility index (Phi) is 5.91. The zero-order valence-corrected chi connectivity index (χ0v) is 10.9. The van der Waals surface area contributed by atoms with E-state index in [4.69, 9.17) is 4.74 Å². The minimum absolute atomic E-state index is 0.404. The lowest BCUT2D eigenvalue weighted by molar-refractivity contribution is 0.167. The van der Waals surface area contributed by atoms with Gasteiger partial charge in [-0.05, 0) is 30.7 Å². The van der Waals surface area contributed by atoms with Crippen LogP contribution in [0, 0.1) is 0 Å². The first-order valence-electron chi connectivity index (χ1n) is 5.23. The van der Waals surface area contributed by atoms with Gasteiger partial charge >= 0.3 is 0 Å². The highest BCUT2D eigenvalue weighted by atomic mass is 79.9. The number of hydrogen-bond acceptors (Lipinski definition) is 2. The molecule has 0 aliphatic carbocycles. The Morgan fingerprint density at radius 2 is 2.00 bits per heavy atom. The molecular weight excluding hydrogens is 254 g/mol. The van der Waals surface area contributed by atoms with E-state index >= 15 is 0 Å². The summed E-state index contributed by atoms with van der Waals surface area (Å²) in [4.78, 5) is 0. The van der Waals surface area contributed by atoms with Gasteiger partial charge in [-0.15, -0.1) is 0 Å². The Bertz CT molecular complexity index is 267. The minimum atomic E-state index is 0.404. The smallest absolute Gasteiger partial charge is 0.0619 e. The fourth-order valence-electron chi connectivity index (χ4n) is 1.58. The first kappa shape index (κ1) is 12.7. The van der Waals surface area contributed by atoms with Gasteiger partial charge in [0.2, 0.25) is 0 Å². The van der Waals surface area contributed by atoms with Gasteiger partial charge in [-0.3, -0.25) is 0 Å². The van der Waals surface area contributed by atoms with Gasteiger partial charge in [0.1, 0.15) is 0 Å². The van der Waals surface area contributed by atoms with Crippen molar-refractivity contribution in [2.24, 2.45) is 0 Å². The summed E-state index contributed by atoms with van der Waals surface area (Å²) in [5.41, 5.74) is 1.33. The summed E-state index contributed by atoms with van der Waals surface area (Å²) >= 11 is 3.43. The summed E-state index contributed by atoms with van der Waals surface area (Å²) in [6.07, 6.45) is 1.01. The Hall–Kier alpha value is -0.380. The van der Waals surface area contributed by atoms with Gasteiger partial charge in [-0.1, -0.05) is 35.0 Å². The van der Waals surface area contributed by atoms with Crippen LogP contribution in [0.5, 0.6) is 0 Å². The number of benzene rings is 1. The molecule has 0 aromatic heterocycles. The summed E-state index contributed by atoms with van der Waals surface area (Å²) < 4.78 is 6.30. The van der Waals surface area contributed by atoms with E-state index in [2.05, 4.69) is 52.4 Å². The molecule has 0 fully saturated rings. The molecule has 0 aliphatic heterocycles. The molecule has 1 unspecified atom stereocenters. The lowest BCUT2D eigenvalue weighted by Crippen LogP contribution is -2.34. The van der Waals surface area contributed by atoms with Gasteiger partial charge in [0.05, 0.1) is 6.61 Å². The molecular formula is C12H18BrNO. The monoisotopic (exact) mass is 271 g/mol. The molecule has 0 spiro atoms. The number of ether oxygens (including phenoxy) is 1. The average molecular weight is 272 g/mol. The van der Waals surface area contributed by atoms with Crippen LogP contribution in [0.15, 0.2) is 28.7 Å². The van der Waals surface area contributed by atoms with Crippen molar-refractivity contribution in [1.29, 1.82) is 0 Å². The van der Waals surface area contributed by atoms with Crippen LogP contribution in [-0.2, 0) is 11.2 Å². The molecule has 1 atom stereocenters. The number of likely N-dealkylation sites (N-methyl/N-ethyl adjacent to an activating group) is 1. The topological polar surface area (TPSA) is 21.3 Å². The highest BCUT2D eigenvalue weighted by Gasteiger charge is 2.07. The van der Waals surface area contributed by atoms with Crippen molar-refractivity contribution in [1.82, 2.24) is 5.32 Å². The zero-order chi connectivity index (χ0) is 11.1. The van der Waals surface area contributed by atoms with Gasteiger partial charge in [-0.2, -0.15) is 0 Å². The molecule has 0 radical (unpaired) electrons. The average Bonchev–Trinajstić information content (AvgIpc) is 2.22. The number of halogens is 1. The third-order valence-electron chi connectivity index (χ3n) is 2.26. The second kappa shape index (κ2) is 6.99. The number of nitrogens with one attached hydrogen (secondary N) is 1. The summed E-state index contributed by atoms with van der Waals surface area (Å²) in [5.74, 6) is 0. The van der Waals surface area contributed by atoms with Crippen molar-refractivity contribution in [2.75, 3.05) is 20.3 Å². The normalized spacial score (nSPS) is 12.7. The molecule has 0 saturated heterocycles. The first-order chi connectivity index (χ1) is 7.26. The minimum Gasteiger partial charge on any atom is -0.383 e. The Labute approximate surface area is 100 Å². The van der Waals surface area contributed by atoms with E-state index in [0.717, 1.165) is 24.0 Å². The molecule has 1 rings (SSSR count). The van der Waals surface area contributed by atoms with Crippen molar-refractivity contribution in [2.45, 2.75) is 19.4 Å². The van der Waals surface area contributed by atoms with Crippen LogP contribution >= 0.6 is 15.9 Å². The maximum Gasteiger partial charge on any atom is 0.0619 e. The van der Waals surface area contributed by atoms with Gasteiger partial charge in [0.15, 0.2) is 0 Å². The van der Waals surface area contributed by atoms with Crippen molar-refractivity contribution < 1.29 is 4.74 Å². The fourth-order valence-corrected chi connectivity index (χ4v) is 1.85. The number of hydrogen-bond donors (Lipinski definition) is 1. The zero-order valence-electron chi connectivity index (χ0n) is 9.29. The van der Waals surface area contributed by atoms with Crippen molar-refractivity contribution >= 4 is 15.9 Å². The van der Waals surface area contributed by atoms with Crippen molar-refractivity contribution in [3.8, 4) is 0 Å². The molecule has 0 saturated carbocycles. The lowest BCUT2D eigenvalue weighted by atomic mass is 10.1. The standard InChI is InChI=1S/C12H18BrNO/c1-3-14-12(9-15-2)8-10-4-6-11(13)7-5-10/h4-7,12,14H,3,8-9H2,1-2H3. The fraction of sp³-hybridized carbons (Fsp3) is 0.500. The highest BCUT2D eigenvalue weighted by Crippen LogP contribution is 2.12. The summed E-state index contributed by atoms with van der Waals surface area (Å²) in [5, 5.41) is 3.41. The van der Waals surface area contributed by atoms with Crippen LogP contribution in [-0.4, -0.2) is 26.3 Å². The number of rotatable bonds is 6. The maximum absolute atomic E-state index is 5.18. The molecule has 0 aliphatic rings. The highest BCUT2D eigenvalue weighted by molar-refractivity contribution is 9.10. The van der Waals surface area contributed by atoms with E-state index in [0.29, 0.717) is 6.04 Å². The Morgan fingerprint density at radius 3 is 2.53 bits per heavy atom. The molecule has 0 heterocycles. The first-order valence-corrected chi connectivity index (χ1v) is 6.02. The van der Waals surface area contributed by atoms with Crippen molar-refractivity contribution in [3.05, 3.63) is 34.3 Å². The molecule has 2 nitrogen and oxygen atoms in total.